The summed E-state index contributed by atoms with van der Waals surface area (Å²) in [6, 6.07) is 4.45. The van der Waals surface area contributed by atoms with Gasteiger partial charge in [0.1, 0.15) is 11.9 Å². The number of hydrogen-bond acceptors (Lipinski definition) is 3. The third-order valence-electron chi connectivity index (χ3n) is 2.05. The van der Waals surface area contributed by atoms with Gasteiger partial charge in [-0.05, 0) is 18.2 Å². The van der Waals surface area contributed by atoms with Crippen LogP contribution in [0.2, 0.25) is 0 Å². The SMILES string of the molecule is C#CCC(Nc1ccc(C#N)cc1F)C(=O)O. The lowest BCUT2D eigenvalue weighted by molar-refractivity contribution is -0.137. The van der Waals surface area contributed by atoms with E-state index < -0.39 is 17.8 Å². The first-order valence-corrected chi connectivity index (χ1v) is 4.71. The molecule has 1 unspecified atom stereocenters. The Bertz CT molecular complexity index is 514. The number of terminal acetylenes is 1. The van der Waals surface area contributed by atoms with Gasteiger partial charge in [-0.3, -0.25) is 0 Å². The van der Waals surface area contributed by atoms with Gasteiger partial charge >= 0.3 is 5.97 Å². The molecule has 0 saturated carbocycles. The average molecular weight is 232 g/mol. The van der Waals surface area contributed by atoms with Crippen molar-refractivity contribution in [3.63, 3.8) is 0 Å². The second kappa shape index (κ2) is 5.53. The maximum atomic E-state index is 13.4. The Morgan fingerprint density at radius 1 is 1.65 bits per heavy atom. The highest BCUT2D eigenvalue weighted by Gasteiger charge is 2.17. The molecular formula is C12H9FN2O2. The van der Waals surface area contributed by atoms with Crippen LogP contribution in [0.15, 0.2) is 18.2 Å². The minimum absolute atomic E-state index is 0.00616. The van der Waals surface area contributed by atoms with Crippen LogP contribution in [0.4, 0.5) is 10.1 Å². The molecule has 0 aliphatic carbocycles. The Balaban J connectivity index is 2.91. The molecule has 2 N–H and O–H groups in total. The first-order chi connectivity index (χ1) is 8.08. The fraction of sp³-hybridized carbons (Fsp3) is 0.167. The summed E-state index contributed by atoms with van der Waals surface area (Å²) in [4.78, 5) is 10.8. The molecule has 1 aromatic carbocycles. The molecule has 0 aromatic heterocycles. The molecule has 0 aliphatic heterocycles. The lowest BCUT2D eigenvalue weighted by atomic mass is 10.1. The van der Waals surface area contributed by atoms with Gasteiger partial charge in [0, 0.05) is 6.42 Å². The van der Waals surface area contributed by atoms with Crippen LogP contribution >= 0.6 is 0 Å². The summed E-state index contributed by atoms with van der Waals surface area (Å²) in [5, 5.41) is 19.8. The fourth-order valence-electron chi connectivity index (χ4n) is 1.21. The quantitative estimate of drug-likeness (QED) is 0.773. The predicted octanol–water partition coefficient (Wildman–Crippen LogP) is 1.59. The minimum atomic E-state index is -1.16. The van der Waals surface area contributed by atoms with Gasteiger partial charge in [-0.2, -0.15) is 5.26 Å². The zero-order valence-electron chi connectivity index (χ0n) is 8.77. The Morgan fingerprint density at radius 3 is 2.82 bits per heavy atom. The minimum Gasteiger partial charge on any atom is -0.480 e. The van der Waals surface area contributed by atoms with Gasteiger partial charge in [-0.1, -0.05) is 0 Å². The van der Waals surface area contributed by atoms with Gasteiger partial charge in [-0.25, -0.2) is 9.18 Å². The largest absolute Gasteiger partial charge is 0.480 e. The lowest BCUT2D eigenvalue weighted by Gasteiger charge is -2.13. The number of aliphatic carboxylic acids is 1. The predicted molar refractivity (Wildman–Crippen MR) is 59.6 cm³/mol. The molecule has 86 valence electrons. The molecule has 17 heavy (non-hydrogen) atoms. The molecule has 4 nitrogen and oxygen atoms in total. The molecule has 1 aromatic rings. The molecular weight excluding hydrogens is 223 g/mol. The third kappa shape index (κ3) is 3.22. The van der Waals surface area contributed by atoms with E-state index in [1.54, 1.807) is 6.07 Å². The van der Waals surface area contributed by atoms with E-state index in [2.05, 4.69) is 11.2 Å². The molecule has 0 radical (unpaired) electrons. The third-order valence-corrected chi connectivity index (χ3v) is 2.05. The van der Waals surface area contributed by atoms with Crippen LogP contribution < -0.4 is 5.32 Å². The van der Waals surface area contributed by atoms with Gasteiger partial charge in [0.05, 0.1) is 17.3 Å². The van der Waals surface area contributed by atoms with E-state index >= 15 is 0 Å². The number of carboxylic acids is 1. The molecule has 0 heterocycles. The number of carboxylic acid groups (broad SMARTS) is 1. The molecule has 0 saturated heterocycles. The Labute approximate surface area is 97.7 Å². The Morgan fingerprint density at radius 2 is 2.35 bits per heavy atom. The topological polar surface area (TPSA) is 73.1 Å². The number of hydrogen-bond donors (Lipinski definition) is 2. The number of carbonyl (C=O) groups is 1. The van der Waals surface area contributed by atoms with Crippen molar-refractivity contribution in [2.75, 3.05) is 5.32 Å². The van der Waals surface area contributed by atoms with Crippen molar-refractivity contribution >= 4 is 11.7 Å². The monoisotopic (exact) mass is 232 g/mol. The smallest absolute Gasteiger partial charge is 0.327 e. The van der Waals surface area contributed by atoms with Gasteiger partial charge in [-0.15, -0.1) is 12.3 Å². The number of rotatable bonds is 4. The average Bonchev–Trinajstić information content (AvgIpc) is 2.30. The highest BCUT2D eigenvalue weighted by molar-refractivity contribution is 5.77. The standard InChI is InChI=1S/C12H9FN2O2/c1-2-3-11(12(16)17)15-10-5-4-8(7-14)6-9(10)13/h1,4-6,11,15H,3H2,(H,16,17). The summed E-state index contributed by atoms with van der Waals surface area (Å²) in [6.07, 6.45) is 4.95. The fourth-order valence-corrected chi connectivity index (χ4v) is 1.21. The molecule has 0 bridgehead atoms. The van der Waals surface area contributed by atoms with E-state index in [-0.39, 0.29) is 17.7 Å². The summed E-state index contributed by atoms with van der Waals surface area (Å²) in [5.74, 6) is 0.345. The summed E-state index contributed by atoms with van der Waals surface area (Å²) in [7, 11) is 0. The van der Waals surface area contributed by atoms with Crippen LogP contribution in [-0.4, -0.2) is 17.1 Å². The second-order valence-corrected chi connectivity index (χ2v) is 3.25. The van der Waals surface area contributed by atoms with Crippen LogP contribution in [0.3, 0.4) is 0 Å². The molecule has 5 heteroatoms. The molecule has 0 aliphatic rings. The van der Waals surface area contributed by atoms with Gasteiger partial charge in [0.15, 0.2) is 0 Å². The highest BCUT2D eigenvalue weighted by Crippen LogP contribution is 2.17. The van der Waals surface area contributed by atoms with Crippen molar-refractivity contribution in [1.29, 1.82) is 5.26 Å². The van der Waals surface area contributed by atoms with E-state index in [9.17, 15) is 9.18 Å². The van der Waals surface area contributed by atoms with Crippen LogP contribution in [-0.2, 0) is 4.79 Å². The maximum absolute atomic E-state index is 13.4. The summed E-state index contributed by atoms with van der Waals surface area (Å²) in [5.41, 5.74) is 0.170. The zero-order valence-corrected chi connectivity index (χ0v) is 8.77. The van der Waals surface area contributed by atoms with Gasteiger partial charge in [0.2, 0.25) is 0 Å². The zero-order chi connectivity index (χ0) is 12.8. The number of anilines is 1. The van der Waals surface area contributed by atoms with Crippen molar-refractivity contribution in [2.45, 2.75) is 12.5 Å². The van der Waals surface area contributed by atoms with E-state index in [0.717, 1.165) is 6.07 Å². The summed E-state index contributed by atoms with van der Waals surface area (Å²) in [6.45, 7) is 0. The molecule has 0 amide bonds. The van der Waals surface area contributed by atoms with Crippen LogP contribution in [0.5, 0.6) is 0 Å². The normalized spacial score (nSPS) is 11.0. The van der Waals surface area contributed by atoms with E-state index in [0.29, 0.717) is 0 Å². The Kier molecular flexibility index (Phi) is 4.08. The van der Waals surface area contributed by atoms with E-state index in [1.165, 1.54) is 12.1 Å². The van der Waals surface area contributed by atoms with Crippen molar-refractivity contribution in [3.8, 4) is 18.4 Å². The highest BCUT2D eigenvalue weighted by atomic mass is 19.1. The van der Waals surface area contributed by atoms with Gasteiger partial charge in [0.25, 0.3) is 0 Å². The van der Waals surface area contributed by atoms with Crippen molar-refractivity contribution in [1.82, 2.24) is 0 Å². The van der Waals surface area contributed by atoms with Crippen molar-refractivity contribution in [3.05, 3.63) is 29.6 Å². The number of nitriles is 1. The number of nitrogens with one attached hydrogen (secondary N) is 1. The molecule has 0 fully saturated rings. The number of nitrogens with zero attached hydrogens (tertiary/aromatic N) is 1. The van der Waals surface area contributed by atoms with Crippen molar-refractivity contribution in [2.24, 2.45) is 0 Å². The van der Waals surface area contributed by atoms with Crippen LogP contribution in [0, 0.1) is 29.5 Å². The van der Waals surface area contributed by atoms with Crippen LogP contribution in [0.25, 0.3) is 0 Å². The van der Waals surface area contributed by atoms with E-state index in [4.69, 9.17) is 16.8 Å². The molecule has 1 rings (SSSR count). The van der Waals surface area contributed by atoms with Crippen molar-refractivity contribution < 1.29 is 14.3 Å². The first-order valence-electron chi connectivity index (χ1n) is 4.71. The Hall–Kier alpha value is -2.53. The van der Waals surface area contributed by atoms with E-state index in [1.807, 2.05) is 0 Å². The first kappa shape index (κ1) is 12.5. The van der Waals surface area contributed by atoms with Crippen LogP contribution in [0.1, 0.15) is 12.0 Å². The molecule has 1 atom stereocenters. The summed E-state index contributed by atoms with van der Waals surface area (Å²) >= 11 is 0. The second-order valence-electron chi connectivity index (χ2n) is 3.25. The summed E-state index contributed by atoms with van der Waals surface area (Å²) < 4.78 is 13.4. The maximum Gasteiger partial charge on any atom is 0.327 e. The number of benzene rings is 1. The lowest BCUT2D eigenvalue weighted by Crippen LogP contribution is -2.29. The number of halogens is 1. The van der Waals surface area contributed by atoms with Gasteiger partial charge < -0.3 is 10.4 Å². The molecule has 0 spiro atoms.